The summed E-state index contributed by atoms with van der Waals surface area (Å²) in [5.41, 5.74) is 5.82. The first-order chi connectivity index (χ1) is 8.42. The van der Waals surface area contributed by atoms with Crippen LogP contribution in [-0.2, 0) is 14.3 Å². The van der Waals surface area contributed by atoms with Crippen molar-refractivity contribution in [2.24, 2.45) is 11.7 Å². The molecule has 0 aliphatic heterocycles. The molecule has 0 aliphatic rings. The van der Waals surface area contributed by atoms with Gasteiger partial charge in [-0.25, -0.2) is 0 Å². The van der Waals surface area contributed by atoms with Gasteiger partial charge in [0, 0.05) is 12.5 Å². The Balaban J connectivity index is 3.97. The number of nitrogens with one attached hydrogen (secondary N) is 1. The van der Waals surface area contributed by atoms with E-state index in [2.05, 4.69) is 5.32 Å². The Labute approximate surface area is 109 Å². The highest BCUT2D eigenvalue weighted by Crippen LogP contribution is 2.06. The summed E-state index contributed by atoms with van der Waals surface area (Å²) in [6.45, 7) is 7.97. The summed E-state index contributed by atoms with van der Waals surface area (Å²) in [5.74, 6) is -0.229. The van der Waals surface area contributed by atoms with Gasteiger partial charge in [-0.3, -0.25) is 9.59 Å². The summed E-state index contributed by atoms with van der Waals surface area (Å²) < 4.78 is 4.82. The van der Waals surface area contributed by atoms with E-state index in [4.69, 9.17) is 10.5 Å². The maximum atomic E-state index is 11.8. The van der Waals surface area contributed by atoms with Crippen molar-refractivity contribution in [2.75, 3.05) is 6.61 Å². The Morgan fingerprint density at radius 2 is 1.89 bits per heavy atom. The summed E-state index contributed by atoms with van der Waals surface area (Å²) in [4.78, 5) is 22.9. The quantitative estimate of drug-likeness (QED) is 0.641. The predicted molar refractivity (Wildman–Crippen MR) is 70.9 cm³/mol. The van der Waals surface area contributed by atoms with Crippen molar-refractivity contribution in [2.45, 2.75) is 59.0 Å². The molecule has 3 unspecified atom stereocenters. The van der Waals surface area contributed by atoms with Gasteiger partial charge in [0.1, 0.15) is 0 Å². The molecule has 0 bridgehead atoms. The fraction of sp³-hybridized carbons (Fsp3) is 0.846. The molecule has 0 aliphatic carbocycles. The van der Waals surface area contributed by atoms with Crippen molar-refractivity contribution < 1.29 is 14.3 Å². The third-order valence-corrected chi connectivity index (χ3v) is 3.04. The highest BCUT2D eigenvalue weighted by molar-refractivity contribution is 5.82. The van der Waals surface area contributed by atoms with E-state index in [1.807, 2.05) is 20.8 Å². The molecule has 0 aromatic rings. The van der Waals surface area contributed by atoms with Crippen LogP contribution >= 0.6 is 0 Å². The number of carbonyl (C=O) groups excluding carboxylic acids is 2. The lowest BCUT2D eigenvalue weighted by atomic mass is 9.99. The van der Waals surface area contributed by atoms with E-state index in [9.17, 15) is 9.59 Å². The second-order valence-corrected chi connectivity index (χ2v) is 4.66. The maximum Gasteiger partial charge on any atom is 0.305 e. The summed E-state index contributed by atoms with van der Waals surface area (Å²) >= 11 is 0. The van der Waals surface area contributed by atoms with Gasteiger partial charge in [0.15, 0.2) is 0 Å². The monoisotopic (exact) mass is 258 g/mol. The molecule has 3 N–H and O–H groups in total. The fourth-order valence-corrected chi connectivity index (χ4v) is 1.49. The zero-order valence-electron chi connectivity index (χ0n) is 11.9. The topological polar surface area (TPSA) is 81.4 Å². The minimum absolute atomic E-state index is 0.0722. The van der Waals surface area contributed by atoms with Gasteiger partial charge in [-0.1, -0.05) is 20.3 Å². The van der Waals surface area contributed by atoms with Crippen LogP contribution in [0.15, 0.2) is 0 Å². The molecule has 1 amide bonds. The summed E-state index contributed by atoms with van der Waals surface area (Å²) in [6.07, 6.45) is 1.75. The van der Waals surface area contributed by atoms with Gasteiger partial charge in [-0.05, 0) is 26.2 Å². The SMILES string of the molecule is CCOC(=O)CCC(C)NC(=O)C(N)C(C)CC. The normalized spacial score (nSPS) is 15.6. The molecule has 0 rings (SSSR count). The lowest BCUT2D eigenvalue weighted by Crippen LogP contribution is -2.47. The van der Waals surface area contributed by atoms with Crippen LogP contribution in [0, 0.1) is 5.92 Å². The molecule has 5 heteroatoms. The lowest BCUT2D eigenvalue weighted by Gasteiger charge is -2.20. The van der Waals surface area contributed by atoms with Gasteiger partial charge in [0.2, 0.25) is 5.91 Å². The third-order valence-electron chi connectivity index (χ3n) is 3.04. The van der Waals surface area contributed by atoms with Gasteiger partial charge in [-0.15, -0.1) is 0 Å². The number of carbonyl (C=O) groups is 2. The molecule has 0 heterocycles. The first kappa shape index (κ1) is 16.9. The number of nitrogens with two attached hydrogens (primary N) is 1. The minimum Gasteiger partial charge on any atom is -0.466 e. The number of ether oxygens (including phenoxy) is 1. The third kappa shape index (κ3) is 6.59. The van der Waals surface area contributed by atoms with E-state index in [1.54, 1.807) is 6.92 Å². The zero-order chi connectivity index (χ0) is 14.1. The van der Waals surface area contributed by atoms with Crippen LogP contribution in [0.3, 0.4) is 0 Å². The highest BCUT2D eigenvalue weighted by atomic mass is 16.5. The van der Waals surface area contributed by atoms with Crippen molar-refractivity contribution in [1.82, 2.24) is 5.32 Å². The molecule has 3 atom stereocenters. The first-order valence-electron chi connectivity index (χ1n) is 6.63. The Bertz CT molecular complexity index is 269. The molecule has 5 nitrogen and oxygen atoms in total. The standard InChI is InChI=1S/C13H26N2O3/c1-5-9(3)12(14)13(17)15-10(4)7-8-11(16)18-6-2/h9-10,12H,5-8,14H2,1-4H3,(H,15,17). The van der Waals surface area contributed by atoms with Crippen LogP contribution in [0.4, 0.5) is 0 Å². The van der Waals surface area contributed by atoms with Gasteiger partial charge in [0.05, 0.1) is 12.6 Å². The molecule has 0 spiro atoms. The smallest absolute Gasteiger partial charge is 0.305 e. The molecule has 18 heavy (non-hydrogen) atoms. The van der Waals surface area contributed by atoms with Crippen molar-refractivity contribution in [3.63, 3.8) is 0 Å². The van der Waals surface area contributed by atoms with Crippen LogP contribution < -0.4 is 11.1 Å². The number of amides is 1. The van der Waals surface area contributed by atoms with Gasteiger partial charge in [0.25, 0.3) is 0 Å². The Hall–Kier alpha value is -1.10. The second kappa shape index (κ2) is 8.91. The van der Waals surface area contributed by atoms with Crippen molar-refractivity contribution in [3.05, 3.63) is 0 Å². The molecule has 0 radical (unpaired) electrons. The van der Waals surface area contributed by atoms with Gasteiger partial charge in [-0.2, -0.15) is 0 Å². The average molecular weight is 258 g/mol. The zero-order valence-corrected chi connectivity index (χ0v) is 11.9. The average Bonchev–Trinajstić information content (AvgIpc) is 2.34. The molecule has 0 aromatic heterocycles. The number of hydrogen-bond acceptors (Lipinski definition) is 4. The van der Waals surface area contributed by atoms with E-state index in [0.29, 0.717) is 19.4 Å². The first-order valence-corrected chi connectivity index (χ1v) is 6.63. The van der Waals surface area contributed by atoms with E-state index in [1.165, 1.54) is 0 Å². The highest BCUT2D eigenvalue weighted by Gasteiger charge is 2.20. The molecular weight excluding hydrogens is 232 g/mol. The number of rotatable bonds is 8. The fourth-order valence-electron chi connectivity index (χ4n) is 1.49. The predicted octanol–water partition coefficient (Wildman–Crippen LogP) is 1.21. The number of esters is 1. The van der Waals surface area contributed by atoms with Crippen molar-refractivity contribution in [3.8, 4) is 0 Å². The van der Waals surface area contributed by atoms with Crippen LogP contribution in [0.1, 0.15) is 47.0 Å². The lowest BCUT2D eigenvalue weighted by molar-refractivity contribution is -0.143. The van der Waals surface area contributed by atoms with Crippen LogP contribution in [-0.4, -0.2) is 30.6 Å². The van der Waals surface area contributed by atoms with Crippen LogP contribution in [0.25, 0.3) is 0 Å². The van der Waals surface area contributed by atoms with Crippen molar-refractivity contribution >= 4 is 11.9 Å². The summed E-state index contributed by atoms with van der Waals surface area (Å²) in [7, 11) is 0. The second-order valence-electron chi connectivity index (χ2n) is 4.66. The minimum atomic E-state index is -0.486. The van der Waals surface area contributed by atoms with Crippen LogP contribution in [0.5, 0.6) is 0 Å². The Morgan fingerprint density at radius 3 is 2.39 bits per heavy atom. The largest absolute Gasteiger partial charge is 0.466 e. The molecule has 0 saturated heterocycles. The van der Waals surface area contributed by atoms with E-state index in [-0.39, 0.29) is 23.8 Å². The maximum absolute atomic E-state index is 11.8. The van der Waals surface area contributed by atoms with E-state index >= 15 is 0 Å². The Morgan fingerprint density at radius 1 is 1.28 bits per heavy atom. The van der Waals surface area contributed by atoms with Gasteiger partial charge < -0.3 is 15.8 Å². The van der Waals surface area contributed by atoms with Crippen LogP contribution in [0.2, 0.25) is 0 Å². The summed E-state index contributed by atoms with van der Waals surface area (Å²) in [5, 5.41) is 2.82. The van der Waals surface area contributed by atoms with E-state index in [0.717, 1.165) is 6.42 Å². The number of hydrogen-bond donors (Lipinski definition) is 2. The molecule has 0 aromatic carbocycles. The molecule has 0 fully saturated rings. The van der Waals surface area contributed by atoms with E-state index < -0.39 is 6.04 Å². The molecule has 106 valence electrons. The molecule has 0 saturated carbocycles. The van der Waals surface area contributed by atoms with Crippen molar-refractivity contribution in [1.29, 1.82) is 0 Å². The van der Waals surface area contributed by atoms with Gasteiger partial charge >= 0.3 is 5.97 Å². The molecular formula is C13H26N2O3. The summed E-state index contributed by atoms with van der Waals surface area (Å²) in [6, 6.07) is -0.558. The Kier molecular flexibility index (Phi) is 8.37.